The third-order valence-electron chi connectivity index (χ3n) is 3.08. The molecule has 1 atom stereocenters. The number of carbonyl (C=O) groups is 2. The summed E-state index contributed by atoms with van der Waals surface area (Å²) in [4.78, 5) is 24.5. The molecule has 1 aliphatic heterocycles. The number of methoxy groups -OCH3 is 1. The minimum absolute atomic E-state index is 0.108. The van der Waals surface area contributed by atoms with Gasteiger partial charge in [0.1, 0.15) is 11.9 Å². The average molecular weight is 278 g/mol. The van der Waals surface area contributed by atoms with Crippen molar-refractivity contribution in [3.8, 4) is 5.75 Å². The zero-order valence-electron chi connectivity index (χ0n) is 11.6. The third-order valence-corrected chi connectivity index (χ3v) is 3.08. The number of hydrogen-bond donors (Lipinski definition) is 1. The van der Waals surface area contributed by atoms with Gasteiger partial charge in [-0.3, -0.25) is 4.79 Å². The number of rotatable bonds is 5. The van der Waals surface area contributed by atoms with Gasteiger partial charge < -0.3 is 19.7 Å². The monoisotopic (exact) mass is 278 g/mol. The van der Waals surface area contributed by atoms with E-state index in [0.717, 1.165) is 11.3 Å². The molecule has 1 heterocycles. The highest BCUT2D eigenvalue weighted by Crippen LogP contribution is 2.13. The first kappa shape index (κ1) is 14.2. The van der Waals surface area contributed by atoms with Gasteiger partial charge in [-0.15, -0.1) is 0 Å². The van der Waals surface area contributed by atoms with Crippen LogP contribution in [0.3, 0.4) is 0 Å². The van der Waals surface area contributed by atoms with E-state index in [2.05, 4.69) is 5.32 Å². The first-order valence-corrected chi connectivity index (χ1v) is 6.40. The summed E-state index contributed by atoms with van der Waals surface area (Å²) in [7, 11) is 3.25. The Labute approximate surface area is 117 Å². The summed E-state index contributed by atoms with van der Waals surface area (Å²) in [6.45, 7) is 0.831. The predicted octanol–water partition coefficient (Wildman–Crippen LogP) is 0.804. The molecule has 0 spiro atoms. The molecule has 2 amide bonds. The van der Waals surface area contributed by atoms with Crippen molar-refractivity contribution in [2.75, 3.05) is 27.2 Å². The summed E-state index contributed by atoms with van der Waals surface area (Å²) in [6.07, 6.45) is -0.355. The predicted molar refractivity (Wildman–Crippen MR) is 72.6 cm³/mol. The highest BCUT2D eigenvalue weighted by atomic mass is 16.6. The average Bonchev–Trinajstić information content (AvgIpc) is 2.76. The lowest BCUT2D eigenvalue weighted by Crippen LogP contribution is -2.35. The number of carbonyl (C=O) groups excluding carboxylic acids is 2. The maximum Gasteiger partial charge on any atom is 0.410 e. The Morgan fingerprint density at radius 3 is 3.00 bits per heavy atom. The fourth-order valence-corrected chi connectivity index (χ4v) is 2.01. The van der Waals surface area contributed by atoms with E-state index in [1.807, 2.05) is 24.3 Å². The highest BCUT2D eigenvalue weighted by molar-refractivity contribution is 5.78. The Bertz CT molecular complexity index is 504. The Balaban J connectivity index is 1.79. The molecule has 108 valence electrons. The molecule has 2 rings (SSSR count). The lowest BCUT2D eigenvalue weighted by atomic mass is 10.1. The Hall–Kier alpha value is -2.24. The molecular formula is C14H18N2O4. The third kappa shape index (κ3) is 3.63. The molecule has 0 saturated carbocycles. The molecule has 1 unspecified atom stereocenters. The van der Waals surface area contributed by atoms with Gasteiger partial charge in [-0.2, -0.15) is 0 Å². The summed E-state index contributed by atoms with van der Waals surface area (Å²) in [5.74, 6) is 0.616. The van der Waals surface area contributed by atoms with Crippen LogP contribution in [0.2, 0.25) is 0 Å². The van der Waals surface area contributed by atoms with E-state index in [4.69, 9.17) is 9.47 Å². The number of benzene rings is 1. The number of cyclic esters (lactones) is 1. The summed E-state index contributed by atoms with van der Waals surface area (Å²) < 4.78 is 10.2. The van der Waals surface area contributed by atoms with Crippen LogP contribution in [0, 0.1) is 0 Å². The van der Waals surface area contributed by atoms with Crippen LogP contribution < -0.4 is 10.1 Å². The van der Waals surface area contributed by atoms with Gasteiger partial charge in [-0.1, -0.05) is 12.1 Å². The van der Waals surface area contributed by atoms with Crippen LogP contribution in [0.15, 0.2) is 24.3 Å². The minimum Gasteiger partial charge on any atom is -0.497 e. The second-order valence-corrected chi connectivity index (χ2v) is 4.72. The van der Waals surface area contributed by atoms with Gasteiger partial charge in [0.05, 0.1) is 26.6 Å². The van der Waals surface area contributed by atoms with Crippen LogP contribution in [-0.2, 0) is 16.0 Å². The van der Waals surface area contributed by atoms with Crippen LogP contribution in [0.4, 0.5) is 4.79 Å². The van der Waals surface area contributed by atoms with Crippen molar-refractivity contribution in [2.24, 2.45) is 0 Å². The van der Waals surface area contributed by atoms with Gasteiger partial charge in [0, 0.05) is 7.05 Å². The second-order valence-electron chi connectivity index (χ2n) is 4.72. The lowest BCUT2D eigenvalue weighted by Gasteiger charge is -2.10. The lowest BCUT2D eigenvalue weighted by molar-refractivity contribution is -0.120. The molecule has 20 heavy (non-hydrogen) atoms. The molecule has 6 nitrogen and oxygen atoms in total. The number of nitrogens with zero attached hydrogens (tertiary/aromatic N) is 1. The fourth-order valence-electron chi connectivity index (χ4n) is 2.01. The highest BCUT2D eigenvalue weighted by Gasteiger charge is 2.28. The van der Waals surface area contributed by atoms with Crippen molar-refractivity contribution in [2.45, 2.75) is 12.5 Å². The van der Waals surface area contributed by atoms with Crippen molar-refractivity contribution in [1.29, 1.82) is 0 Å². The number of hydrogen-bond acceptors (Lipinski definition) is 4. The molecular weight excluding hydrogens is 260 g/mol. The Morgan fingerprint density at radius 2 is 2.35 bits per heavy atom. The summed E-state index contributed by atoms with van der Waals surface area (Å²) in [5.41, 5.74) is 0.877. The van der Waals surface area contributed by atoms with Crippen LogP contribution in [-0.4, -0.2) is 50.3 Å². The van der Waals surface area contributed by atoms with E-state index >= 15 is 0 Å². The van der Waals surface area contributed by atoms with Crippen molar-refractivity contribution in [3.63, 3.8) is 0 Å². The molecule has 1 fully saturated rings. The quantitative estimate of drug-likeness (QED) is 0.865. The van der Waals surface area contributed by atoms with E-state index in [1.54, 1.807) is 14.2 Å². The normalized spacial score (nSPS) is 17.8. The van der Waals surface area contributed by atoms with Gasteiger partial charge in [0.25, 0.3) is 0 Å². The van der Waals surface area contributed by atoms with Crippen molar-refractivity contribution in [3.05, 3.63) is 29.8 Å². The second kappa shape index (κ2) is 6.27. The van der Waals surface area contributed by atoms with Gasteiger partial charge >= 0.3 is 6.09 Å². The first-order chi connectivity index (χ1) is 9.58. The molecule has 1 aliphatic rings. The number of ether oxygens (including phenoxy) is 2. The Morgan fingerprint density at radius 1 is 1.55 bits per heavy atom. The van der Waals surface area contributed by atoms with Crippen LogP contribution >= 0.6 is 0 Å². The van der Waals surface area contributed by atoms with Crippen LogP contribution in [0.1, 0.15) is 5.56 Å². The zero-order chi connectivity index (χ0) is 14.5. The minimum atomic E-state index is -0.350. The summed E-state index contributed by atoms with van der Waals surface area (Å²) in [6, 6.07) is 7.36. The van der Waals surface area contributed by atoms with Gasteiger partial charge in [-0.25, -0.2) is 4.79 Å². The molecule has 0 aliphatic carbocycles. The van der Waals surface area contributed by atoms with Crippen LogP contribution in [0.25, 0.3) is 0 Å². The summed E-state index contributed by atoms with van der Waals surface area (Å²) >= 11 is 0. The van der Waals surface area contributed by atoms with E-state index in [1.165, 1.54) is 4.90 Å². The Kier molecular flexibility index (Phi) is 4.45. The number of likely N-dealkylation sites (N-methyl/N-ethyl adjacent to an activating group) is 1. The molecule has 1 N–H and O–H groups in total. The van der Waals surface area contributed by atoms with Crippen molar-refractivity contribution >= 4 is 12.0 Å². The fraction of sp³-hybridized carbons (Fsp3) is 0.429. The molecule has 1 saturated heterocycles. The molecule has 1 aromatic rings. The van der Waals surface area contributed by atoms with E-state index < -0.39 is 0 Å². The maximum absolute atomic E-state index is 11.8. The van der Waals surface area contributed by atoms with Crippen molar-refractivity contribution in [1.82, 2.24) is 10.2 Å². The maximum atomic E-state index is 11.8. The van der Waals surface area contributed by atoms with Gasteiger partial charge in [0.15, 0.2) is 0 Å². The molecule has 6 heteroatoms. The van der Waals surface area contributed by atoms with Crippen molar-refractivity contribution < 1.29 is 19.1 Å². The smallest absolute Gasteiger partial charge is 0.410 e. The molecule has 1 aromatic carbocycles. The number of amides is 2. The topological polar surface area (TPSA) is 67.9 Å². The van der Waals surface area contributed by atoms with Crippen LogP contribution in [0.5, 0.6) is 5.75 Å². The number of nitrogens with one attached hydrogen (secondary N) is 1. The van der Waals surface area contributed by atoms with E-state index in [9.17, 15) is 9.59 Å². The summed E-state index contributed by atoms with van der Waals surface area (Å²) in [5, 5.41) is 2.77. The zero-order valence-corrected chi connectivity index (χ0v) is 11.6. The molecule has 0 aromatic heterocycles. The standard InChI is InChI=1S/C14H18N2O4/c1-16-9-12(20-14(16)18)8-15-13(17)7-10-4-3-5-11(6-10)19-2/h3-6,12H,7-9H2,1-2H3,(H,15,17). The van der Waals surface area contributed by atoms with Gasteiger partial charge in [0.2, 0.25) is 5.91 Å². The largest absolute Gasteiger partial charge is 0.497 e. The van der Waals surface area contributed by atoms with Gasteiger partial charge in [-0.05, 0) is 17.7 Å². The molecule has 0 radical (unpaired) electrons. The van der Waals surface area contributed by atoms with E-state index in [-0.39, 0.29) is 24.5 Å². The SMILES string of the molecule is COc1cccc(CC(=O)NCC2CN(C)C(=O)O2)c1. The molecule has 0 bridgehead atoms. The van der Waals surface area contributed by atoms with E-state index in [0.29, 0.717) is 13.1 Å². The first-order valence-electron chi connectivity index (χ1n) is 6.40.